The zero-order chi connectivity index (χ0) is 22.6. The van der Waals surface area contributed by atoms with Crippen LogP contribution in [0.15, 0.2) is 24.3 Å². The van der Waals surface area contributed by atoms with Crippen molar-refractivity contribution >= 4 is 23.3 Å². The second-order valence-electron chi connectivity index (χ2n) is 8.36. The van der Waals surface area contributed by atoms with Gasteiger partial charge in [0, 0.05) is 25.1 Å². The first-order valence-corrected chi connectivity index (χ1v) is 9.82. The van der Waals surface area contributed by atoms with Crippen LogP contribution >= 0.6 is 11.6 Å². The molecule has 1 heterocycles. The summed E-state index contributed by atoms with van der Waals surface area (Å²) in [4.78, 5) is 24.6. The van der Waals surface area contributed by atoms with E-state index in [1.54, 1.807) is 0 Å². The summed E-state index contributed by atoms with van der Waals surface area (Å²) >= 11 is 5.59. The van der Waals surface area contributed by atoms with E-state index in [2.05, 4.69) is 10.4 Å². The fourth-order valence-electron chi connectivity index (χ4n) is 4.67. The minimum atomic E-state index is -4.58. The Morgan fingerprint density at radius 2 is 1.94 bits per heavy atom. The normalized spacial score (nSPS) is 24.2. The van der Waals surface area contributed by atoms with Gasteiger partial charge in [-0.25, -0.2) is 4.39 Å². The van der Waals surface area contributed by atoms with E-state index >= 15 is 0 Å². The van der Waals surface area contributed by atoms with Gasteiger partial charge in [-0.05, 0) is 42.9 Å². The maximum Gasteiger partial charge on any atom is 0.433 e. The van der Waals surface area contributed by atoms with Gasteiger partial charge in [0.2, 0.25) is 0 Å². The number of benzene rings is 1. The van der Waals surface area contributed by atoms with Crippen molar-refractivity contribution in [1.29, 1.82) is 0 Å². The molecule has 0 spiro atoms. The molecular weight excluding hydrogens is 442 g/mol. The highest BCUT2D eigenvalue weighted by molar-refractivity contribution is 6.30. The van der Waals surface area contributed by atoms with Crippen molar-refractivity contribution in [3.63, 3.8) is 0 Å². The van der Waals surface area contributed by atoms with Gasteiger partial charge in [-0.3, -0.25) is 14.3 Å². The Hall–Kier alpha value is -2.62. The largest absolute Gasteiger partial charge is 0.484 e. The van der Waals surface area contributed by atoms with Crippen LogP contribution in [0.4, 0.5) is 17.6 Å². The molecule has 166 valence electrons. The number of ether oxygens (including phenoxy) is 1. The lowest BCUT2D eigenvalue weighted by Gasteiger charge is -2.70. The second kappa shape index (κ2) is 7.22. The van der Waals surface area contributed by atoms with Gasteiger partial charge < -0.3 is 10.1 Å². The van der Waals surface area contributed by atoms with Gasteiger partial charge in [0.25, 0.3) is 5.91 Å². The summed E-state index contributed by atoms with van der Waals surface area (Å²) in [5.41, 5.74) is -1.92. The van der Waals surface area contributed by atoms with Crippen molar-refractivity contribution < 1.29 is 31.9 Å². The lowest BCUT2D eigenvalue weighted by atomic mass is 9.38. The number of hydrogen-bond donors (Lipinski definition) is 1. The minimum Gasteiger partial charge on any atom is -0.484 e. The molecule has 3 aliphatic carbocycles. The monoisotopic (exact) mass is 459 g/mol. The molecule has 11 heteroatoms. The summed E-state index contributed by atoms with van der Waals surface area (Å²) in [6, 6.07) is 4.62. The van der Waals surface area contributed by atoms with Crippen molar-refractivity contribution in [2.75, 3.05) is 6.61 Å². The van der Waals surface area contributed by atoms with Gasteiger partial charge in [0.15, 0.2) is 12.4 Å². The third kappa shape index (κ3) is 4.13. The Balaban J connectivity index is 1.26. The number of carbonyl (C=O) groups excluding carboxylic acids is 2. The molecule has 3 fully saturated rings. The maximum absolute atomic E-state index is 13.4. The van der Waals surface area contributed by atoms with Gasteiger partial charge in [-0.2, -0.15) is 18.3 Å². The van der Waals surface area contributed by atoms with E-state index in [0.717, 1.165) is 19.2 Å². The number of ketones is 1. The maximum atomic E-state index is 13.4. The van der Waals surface area contributed by atoms with E-state index in [0.29, 0.717) is 23.9 Å². The molecule has 2 aromatic rings. The molecule has 0 radical (unpaired) electrons. The van der Waals surface area contributed by atoms with Crippen LogP contribution in [0.25, 0.3) is 0 Å². The van der Waals surface area contributed by atoms with E-state index in [1.165, 1.54) is 12.1 Å². The van der Waals surface area contributed by atoms with Crippen LogP contribution in [0.1, 0.15) is 41.9 Å². The fraction of sp³-hybridized carbons (Fsp3) is 0.450. The van der Waals surface area contributed by atoms with Crippen molar-refractivity contribution in [3.05, 3.63) is 46.5 Å². The smallest absolute Gasteiger partial charge is 0.433 e. The summed E-state index contributed by atoms with van der Waals surface area (Å²) < 4.78 is 58.0. The molecule has 5 rings (SSSR count). The average molecular weight is 460 g/mol. The Bertz CT molecular complexity index is 1050. The van der Waals surface area contributed by atoms with E-state index in [-0.39, 0.29) is 40.8 Å². The van der Waals surface area contributed by atoms with Crippen LogP contribution in [-0.2, 0) is 18.0 Å². The van der Waals surface area contributed by atoms with Gasteiger partial charge in [0.1, 0.15) is 23.0 Å². The molecule has 0 atom stereocenters. The molecule has 1 N–H and O–H groups in total. The Labute approximate surface area is 179 Å². The molecule has 3 saturated carbocycles. The van der Waals surface area contributed by atoms with Crippen molar-refractivity contribution in [2.45, 2.75) is 37.4 Å². The van der Waals surface area contributed by atoms with Crippen LogP contribution < -0.4 is 10.1 Å². The summed E-state index contributed by atoms with van der Waals surface area (Å²) in [5, 5.41) is 6.51. The van der Waals surface area contributed by atoms with Gasteiger partial charge >= 0.3 is 6.18 Å². The lowest BCUT2D eigenvalue weighted by molar-refractivity contribution is -0.164. The Morgan fingerprint density at radius 3 is 2.52 bits per heavy atom. The predicted molar refractivity (Wildman–Crippen MR) is 101 cm³/mol. The van der Waals surface area contributed by atoms with E-state index < -0.39 is 29.0 Å². The minimum absolute atomic E-state index is 0.0501. The SMILES string of the molecule is Cn1nc(C(=O)CC23CC(NC(=O)COc4ccc(Cl)c(F)c4)(C2)C3)cc1C(F)(F)F. The molecule has 0 saturated heterocycles. The summed E-state index contributed by atoms with van der Waals surface area (Å²) in [6.07, 6.45) is -2.81. The molecule has 6 nitrogen and oxygen atoms in total. The number of alkyl halides is 3. The lowest BCUT2D eigenvalue weighted by Crippen LogP contribution is -2.75. The number of carbonyl (C=O) groups is 2. The van der Waals surface area contributed by atoms with Crippen LogP contribution in [-0.4, -0.2) is 33.6 Å². The molecule has 0 unspecified atom stereocenters. The highest BCUT2D eigenvalue weighted by atomic mass is 35.5. The number of halogens is 5. The molecule has 1 aromatic carbocycles. The van der Waals surface area contributed by atoms with E-state index in [4.69, 9.17) is 16.3 Å². The second-order valence-corrected chi connectivity index (χ2v) is 8.77. The molecular formula is C20H18ClF4N3O3. The Kier molecular flexibility index (Phi) is 5.03. The quantitative estimate of drug-likeness (QED) is 0.503. The molecule has 0 aliphatic heterocycles. The number of nitrogens with zero attached hydrogens (tertiary/aromatic N) is 2. The summed E-state index contributed by atoms with van der Waals surface area (Å²) in [7, 11) is 1.14. The average Bonchev–Trinajstić information content (AvgIpc) is 3.02. The molecule has 31 heavy (non-hydrogen) atoms. The number of aromatic nitrogens is 2. The van der Waals surface area contributed by atoms with Gasteiger partial charge in [0.05, 0.1) is 5.02 Å². The summed E-state index contributed by atoms with van der Waals surface area (Å²) in [5.74, 6) is -1.31. The van der Waals surface area contributed by atoms with Crippen molar-refractivity contribution in [3.8, 4) is 5.75 Å². The van der Waals surface area contributed by atoms with Crippen LogP contribution in [0.3, 0.4) is 0 Å². The van der Waals surface area contributed by atoms with Crippen molar-refractivity contribution in [1.82, 2.24) is 15.1 Å². The van der Waals surface area contributed by atoms with Crippen LogP contribution in [0.5, 0.6) is 5.75 Å². The first-order valence-electron chi connectivity index (χ1n) is 9.44. The third-order valence-electron chi connectivity index (χ3n) is 5.80. The van der Waals surface area contributed by atoms with Crippen LogP contribution in [0, 0.1) is 11.2 Å². The molecule has 3 aliphatic rings. The van der Waals surface area contributed by atoms with Crippen molar-refractivity contribution in [2.24, 2.45) is 12.5 Å². The van der Waals surface area contributed by atoms with Crippen LogP contribution in [0.2, 0.25) is 5.02 Å². The standard InChI is InChI=1S/C20H18ClF4N3O3/c1-28-16(20(23,24)25)5-14(27-28)15(29)6-18-8-19(9-18,10-18)26-17(30)7-31-11-2-3-12(21)13(22)4-11/h2-5H,6-10H2,1H3,(H,26,30). The highest BCUT2D eigenvalue weighted by Crippen LogP contribution is 2.69. The zero-order valence-corrected chi connectivity index (χ0v) is 17.1. The number of nitrogens with one attached hydrogen (secondary N) is 1. The summed E-state index contributed by atoms with van der Waals surface area (Å²) in [6.45, 7) is -0.303. The molecule has 2 bridgehead atoms. The number of rotatable bonds is 7. The number of amides is 1. The Morgan fingerprint density at radius 1 is 1.26 bits per heavy atom. The fourth-order valence-corrected chi connectivity index (χ4v) is 4.78. The zero-order valence-electron chi connectivity index (χ0n) is 16.4. The predicted octanol–water partition coefficient (Wildman–Crippen LogP) is 3.92. The number of aryl methyl sites for hydroxylation is 1. The molecule has 1 aromatic heterocycles. The van der Waals surface area contributed by atoms with E-state index in [1.807, 2.05) is 0 Å². The highest BCUT2D eigenvalue weighted by Gasteiger charge is 2.68. The van der Waals surface area contributed by atoms with Gasteiger partial charge in [-0.15, -0.1) is 0 Å². The van der Waals surface area contributed by atoms with Gasteiger partial charge in [-0.1, -0.05) is 11.6 Å². The first-order chi connectivity index (χ1) is 14.4. The topological polar surface area (TPSA) is 73.2 Å². The van der Waals surface area contributed by atoms with E-state index in [9.17, 15) is 27.2 Å². The number of hydrogen-bond acceptors (Lipinski definition) is 4. The number of Topliss-reactive ketones (excluding diaryl/α,β-unsaturated/α-hetero) is 1. The molecule has 1 amide bonds. The first kappa shape index (κ1) is 21.6. The third-order valence-corrected chi connectivity index (χ3v) is 6.10.